The van der Waals surface area contributed by atoms with E-state index in [4.69, 9.17) is 4.74 Å². The average Bonchev–Trinajstić information content (AvgIpc) is 3.14. The zero-order valence-electron chi connectivity index (χ0n) is 17.0. The first kappa shape index (κ1) is 21.2. The predicted octanol–water partition coefficient (Wildman–Crippen LogP) is 2.99. The minimum Gasteiger partial charge on any atom is -0.455 e. The largest absolute Gasteiger partial charge is 0.455 e. The van der Waals surface area contributed by atoms with Gasteiger partial charge in [0.05, 0.1) is 5.92 Å². The normalized spacial score (nSPS) is 15.7. The first-order valence-corrected chi connectivity index (χ1v) is 9.84. The van der Waals surface area contributed by atoms with Gasteiger partial charge in [-0.3, -0.25) is 19.2 Å². The molecule has 1 N–H and O–H groups in total. The lowest BCUT2D eigenvalue weighted by Gasteiger charge is -2.17. The van der Waals surface area contributed by atoms with E-state index >= 15 is 0 Å². The number of benzene rings is 2. The Hall–Kier alpha value is -3.48. The Morgan fingerprint density at radius 2 is 1.87 bits per heavy atom. The van der Waals surface area contributed by atoms with Crippen LogP contribution in [0.3, 0.4) is 0 Å². The number of nitrogens with one attached hydrogen (secondary N) is 1. The lowest BCUT2D eigenvalue weighted by atomic mass is 10.1. The van der Waals surface area contributed by atoms with Crippen molar-refractivity contribution >= 4 is 34.9 Å². The maximum absolute atomic E-state index is 12.3. The van der Waals surface area contributed by atoms with Gasteiger partial charge in [0.15, 0.2) is 12.4 Å². The summed E-state index contributed by atoms with van der Waals surface area (Å²) in [6.45, 7) is 3.26. The van der Waals surface area contributed by atoms with Gasteiger partial charge >= 0.3 is 5.97 Å². The number of aryl methyl sites for hydroxylation is 1. The smallest absolute Gasteiger partial charge is 0.311 e. The molecule has 30 heavy (non-hydrogen) atoms. The average molecular weight is 408 g/mol. The predicted molar refractivity (Wildman–Crippen MR) is 112 cm³/mol. The SMILES string of the molecule is CCc1ccc(N2C[C@H](C(=O)OCC(=O)Nc3cccc(C(C)=O)c3)CC2=O)cc1. The molecule has 0 bridgehead atoms. The van der Waals surface area contributed by atoms with Crippen LogP contribution in [0.1, 0.15) is 36.2 Å². The van der Waals surface area contributed by atoms with Gasteiger partial charge in [-0.05, 0) is 43.2 Å². The van der Waals surface area contributed by atoms with Crippen molar-refractivity contribution in [3.8, 4) is 0 Å². The van der Waals surface area contributed by atoms with Gasteiger partial charge in [0.1, 0.15) is 0 Å². The number of esters is 1. The Morgan fingerprint density at radius 1 is 1.13 bits per heavy atom. The Labute approximate surface area is 175 Å². The van der Waals surface area contributed by atoms with Crippen molar-refractivity contribution < 1.29 is 23.9 Å². The third-order valence-electron chi connectivity index (χ3n) is 5.01. The minimum absolute atomic E-state index is 0.0522. The van der Waals surface area contributed by atoms with Gasteiger partial charge in [-0.2, -0.15) is 0 Å². The first-order chi connectivity index (χ1) is 14.4. The summed E-state index contributed by atoms with van der Waals surface area (Å²) in [5, 5.41) is 2.59. The molecule has 0 spiro atoms. The summed E-state index contributed by atoms with van der Waals surface area (Å²) >= 11 is 0. The molecule has 1 saturated heterocycles. The van der Waals surface area contributed by atoms with Crippen molar-refractivity contribution in [3.05, 3.63) is 59.7 Å². The number of amides is 2. The molecule has 1 atom stereocenters. The van der Waals surface area contributed by atoms with Crippen molar-refractivity contribution in [2.24, 2.45) is 5.92 Å². The van der Waals surface area contributed by atoms with Crippen molar-refractivity contribution in [1.82, 2.24) is 0 Å². The second-order valence-corrected chi connectivity index (χ2v) is 7.22. The summed E-state index contributed by atoms with van der Waals surface area (Å²) in [6.07, 6.45) is 0.959. The highest BCUT2D eigenvalue weighted by atomic mass is 16.5. The molecule has 3 rings (SSSR count). The molecule has 1 fully saturated rings. The fraction of sp³-hybridized carbons (Fsp3) is 0.304. The van der Waals surface area contributed by atoms with Crippen LogP contribution < -0.4 is 10.2 Å². The van der Waals surface area contributed by atoms with Gasteiger partial charge < -0.3 is 15.0 Å². The van der Waals surface area contributed by atoms with Crippen LogP contribution in [0.25, 0.3) is 0 Å². The molecule has 7 heteroatoms. The zero-order valence-corrected chi connectivity index (χ0v) is 17.0. The lowest BCUT2D eigenvalue weighted by Crippen LogP contribution is -2.28. The van der Waals surface area contributed by atoms with Crippen molar-refractivity contribution in [2.75, 3.05) is 23.4 Å². The van der Waals surface area contributed by atoms with E-state index in [9.17, 15) is 19.2 Å². The maximum atomic E-state index is 12.3. The monoisotopic (exact) mass is 408 g/mol. The molecule has 0 radical (unpaired) electrons. The first-order valence-electron chi connectivity index (χ1n) is 9.84. The molecule has 1 aliphatic heterocycles. The number of ketones is 1. The van der Waals surface area contributed by atoms with E-state index in [0.29, 0.717) is 11.3 Å². The number of hydrogen-bond acceptors (Lipinski definition) is 5. The van der Waals surface area contributed by atoms with Crippen LogP contribution in [0, 0.1) is 5.92 Å². The highest BCUT2D eigenvalue weighted by Crippen LogP contribution is 2.26. The molecule has 0 aliphatic carbocycles. The van der Waals surface area contributed by atoms with Crippen LogP contribution in [0.4, 0.5) is 11.4 Å². The van der Waals surface area contributed by atoms with E-state index in [1.807, 2.05) is 24.3 Å². The van der Waals surface area contributed by atoms with Gasteiger partial charge in [0.2, 0.25) is 5.91 Å². The Morgan fingerprint density at radius 3 is 2.53 bits per heavy atom. The third-order valence-corrected chi connectivity index (χ3v) is 5.01. The summed E-state index contributed by atoms with van der Waals surface area (Å²) in [4.78, 5) is 49.7. The Balaban J connectivity index is 1.52. The van der Waals surface area contributed by atoms with E-state index in [-0.39, 0.29) is 24.7 Å². The van der Waals surface area contributed by atoms with Gasteiger partial charge in [-0.15, -0.1) is 0 Å². The molecule has 2 aromatic rings. The molecular weight excluding hydrogens is 384 g/mol. The number of nitrogens with zero attached hydrogens (tertiary/aromatic N) is 1. The Bertz CT molecular complexity index is 968. The topological polar surface area (TPSA) is 92.8 Å². The number of Topliss-reactive ketones (excluding diaryl/α,β-unsaturated/α-hetero) is 1. The fourth-order valence-corrected chi connectivity index (χ4v) is 3.29. The summed E-state index contributed by atoms with van der Waals surface area (Å²) in [7, 11) is 0. The number of carbonyl (C=O) groups is 4. The van der Waals surface area contributed by atoms with Crippen LogP contribution in [0.15, 0.2) is 48.5 Å². The van der Waals surface area contributed by atoms with Gasteiger partial charge in [0.25, 0.3) is 5.91 Å². The van der Waals surface area contributed by atoms with E-state index in [0.717, 1.165) is 12.1 Å². The number of ether oxygens (including phenoxy) is 1. The molecular formula is C23H24N2O5. The molecule has 2 aromatic carbocycles. The lowest BCUT2D eigenvalue weighted by molar-refractivity contribution is -0.151. The quantitative estimate of drug-likeness (QED) is 0.562. The highest BCUT2D eigenvalue weighted by Gasteiger charge is 2.36. The number of hydrogen-bond donors (Lipinski definition) is 1. The minimum atomic E-state index is -0.614. The van der Waals surface area contributed by atoms with Crippen molar-refractivity contribution in [1.29, 1.82) is 0 Å². The van der Waals surface area contributed by atoms with E-state index in [1.165, 1.54) is 12.5 Å². The number of carbonyl (C=O) groups excluding carboxylic acids is 4. The van der Waals surface area contributed by atoms with Crippen LogP contribution in [-0.4, -0.2) is 36.7 Å². The second kappa shape index (κ2) is 9.35. The molecule has 7 nitrogen and oxygen atoms in total. The molecule has 0 aromatic heterocycles. The van der Waals surface area contributed by atoms with E-state index in [2.05, 4.69) is 12.2 Å². The fourth-order valence-electron chi connectivity index (χ4n) is 3.29. The molecule has 0 saturated carbocycles. The number of anilines is 2. The summed E-state index contributed by atoms with van der Waals surface area (Å²) < 4.78 is 5.11. The van der Waals surface area contributed by atoms with Gasteiger partial charge in [-0.1, -0.05) is 31.2 Å². The van der Waals surface area contributed by atoms with Crippen LogP contribution in [-0.2, 0) is 25.5 Å². The zero-order chi connectivity index (χ0) is 21.7. The van der Waals surface area contributed by atoms with Crippen LogP contribution in [0.2, 0.25) is 0 Å². The molecule has 0 unspecified atom stereocenters. The highest BCUT2D eigenvalue weighted by molar-refractivity contribution is 6.00. The Kier molecular flexibility index (Phi) is 6.61. The molecule has 156 valence electrons. The van der Waals surface area contributed by atoms with Gasteiger partial charge in [-0.25, -0.2) is 0 Å². The van der Waals surface area contributed by atoms with Crippen molar-refractivity contribution in [3.63, 3.8) is 0 Å². The standard InChI is InChI=1S/C23H24N2O5/c1-3-16-7-9-20(10-8-16)25-13-18(12-22(25)28)23(29)30-14-21(27)24-19-6-4-5-17(11-19)15(2)26/h4-11,18H,3,12-14H2,1-2H3,(H,24,27)/t18-/m1/s1. The van der Waals surface area contributed by atoms with Crippen LogP contribution >= 0.6 is 0 Å². The molecule has 1 aliphatic rings. The summed E-state index contributed by atoms with van der Waals surface area (Å²) in [6, 6.07) is 14.2. The number of rotatable bonds is 7. The van der Waals surface area contributed by atoms with E-state index in [1.54, 1.807) is 29.2 Å². The maximum Gasteiger partial charge on any atom is 0.311 e. The second-order valence-electron chi connectivity index (χ2n) is 7.22. The van der Waals surface area contributed by atoms with Crippen molar-refractivity contribution in [2.45, 2.75) is 26.7 Å². The van der Waals surface area contributed by atoms with E-state index < -0.39 is 24.4 Å². The third kappa shape index (κ3) is 5.11. The summed E-state index contributed by atoms with van der Waals surface area (Å²) in [5.74, 6) is -1.97. The van der Waals surface area contributed by atoms with Gasteiger partial charge in [0, 0.05) is 29.9 Å². The summed E-state index contributed by atoms with van der Waals surface area (Å²) in [5.41, 5.74) is 2.83. The molecule has 2 amide bonds. The van der Waals surface area contributed by atoms with Crippen LogP contribution in [0.5, 0.6) is 0 Å². The molecule has 1 heterocycles.